The molecule has 3 aliphatic rings. The summed E-state index contributed by atoms with van der Waals surface area (Å²) < 4.78 is 0. The summed E-state index contributed by atoms with van der Waals surface area (Å²) in [7, 11) is 2.27. The summed E-state index contributed by atoms with van der Waals surface area (Å²) in [6, 6.07) is 2.27. The molecule has 0 spiro atoms. The van der Waals surface area contributed by atoms with E-state index in [-0.39, 0.29) is 0 Å². The molecule has 3 aliphatic heterocycles. The third-order valence-electron chi connectivity index (χ3n) is 6.06. The molecule has 5 heteroatoms. The van der Waals surface area contributed by atoms with Crippen molar-refractivity contribution in [1.82, 2.24) is 20.2 Å². The maximum atomic E-state index is 4.65. The SMILES string of the molecule is CN1C[C@@]2(C)CN(c3cc(C4CCNCC4)ncn3)C[C@](C)(C1)C2. The Bertz CT molecular complexity index is 579. The molecule has 0 saturated carbocycles. The zero-order valence-corrected chi connectivity index (χ0v) is 15.4. The van der Waals surface area contributed by atoms with Crippen LogP contribution in [0.5, 0.6) is 0 Å². The van der Waals surface area contributed by atoms with Crippen LogP contribution in [0.4, 0.5) is 5.82 Å². The lowest BCUT2D eigenvalue weighted by Gasteiger charge is -2.56. The Morgan fingerprint density at radius 1 is 1.04 bits per heavy atom. The van der Waals surface area contributed by atoms with Gasteiger partial charge in [0.25, 0.3) is 0 Å². The first kappa shape index (κ1) is 16.3. The van der Waals surface area contributed by atoms with Gasteiger partial charge in [-0.15, -0.1) is 0 Å². The molecule has 0 amide bonds. The van der Waals surface area contributed by atoms with Gasteiger partial charge in [-0.25, -0.2) is 9.97 Å². The first-order chi connectivity index (χ1) is 11.4. The zero-order chi connectivity index (χ0) is 16.8. The minimum atomic E-state index is 0.361. The number of hydrogen-bond acceptors (Lipinski definition) is 5. The van der Waals surface area contributed by atoms with E-state index < -0.39 is 0 Å². The largest absolute Gasteiger partial charge is 0.355 e. The molecule has 0 unspecified atom stereocenters. The number of hydrogen-bond donors (Lipinski definition) is 1. The van der Waals surface area contributed by atoms with Gasteiger partial charge in [-0.3, -0.25) is 0 Å². The van der Waals surface area contributed by atoms with E-state index in [2.05, 4.69) is 52.0 Å². The lowest BCUT2D eigenvalue weighted by Crippen LogP contribution is -2.61. The monoisotopic (exact) mass is 329 g/mol. The number of aromatic nitrogens is 2. The van der Waals surface area contributed by atoms with Gasteiger partial charge >= 0.3 is 0 Å². The first-order valence-corrected chi connectivity index (χ1v) is 9.41. The van der Waals surface area contributed by atoms with E-state index in [0.29, 0.717) is 16.7 Å². The summed E-state index contributed by atoms with van der Waals surface area (Å²) in [6.07, 6.45) is 5.49. The van der Waals surface area contributed by atoms with Crippen molar-refractivity contribution in [3.8, 4) is 0 Å². The summed E-state index contributed by atoms with van der Waals surface area (Å²) in [6.45, 7) is 11.7. The number of likely N-dealkylation sites (tertiary alicyclic amines) is 1. The molecule has 1 aromatic heterocycles. The van der Waals surface area contributed by atoms with Gasteiger partial charge in [0.15, 0.2) is 0 Å². The van der Waals surface area contributed by atoms with Crippen LogP contribution in [-0.2, 0) is 0 Å². The second-order valence-electron chi connectivity index (χ2n) is 9.15. The van der Waals surface area contributed by atoms with Crippen LogP contribution in [0.2, 0.25) is 0 Å². The molecule has 0 radical (unpaired) electrons. The lowest BCUT2D eigenvalue weighted by atomic mass is 9.65. The molecule has 4 heterocycles. The van der Waals surface area contributed by atoms with Crippen molar-refractivity contribution in [3.05, 3.63) is 18.1 Å². The highest BCUT2D eigenvalue weighted by Gasteiger charge is 2.47. The Kier molecular flexibility index (Phi) is 4.04. The molecule has 4 rings (SSSR count). The average molecular weight is 329 g/mol. The Balaban J connectivity index is 1.58. The van der Waals surface area contributed by atoms with Gasteiger partial charge in [0.2, 0.25) is 0 Å². The molecule has 2 bridgehead atoms. The smallest absolute Gasteiger partial charge is 0.132 e. The molecule has 1 aromatic rings. The summed E-state index contributed by atoms with van der Waals surface area (Å²) in [4.78, 5) is 14.3. The van der Waals surface area contributed by atoms with Crippen LogP contribution in [0.25, 0.3) is 0 Å². The molecule has 132 valence electrons. The van der Waals surface area contributed by atoms with Crippen LogP contribution in [0.15, 0.2) is 12.4 Å². The van der Waals surface area contributed by atoms with E-state index in [9.17, 15) is 0 Å². The van der Waals surface area contributed by atoms with Gasteiger partial charge in [-0.05, 0) is 50.2 Å². The predicted molar refractivity (Wildman–Crippen MR) is 97.4 cm³/mol. The number of rotatable bonds is 2. The van der Waals surface area contributed by atoms with Crippen LogP contribution in [0.1, 0.15) is 44.7 Å². The van der Waals surface area contributed by atoms with Crippen LogP contribution in [0.3, 0.4) is 0 Å². The molecular formula is C19H31N5. The van der Waals surface area contributed by atoms with Crippen LogP contribution >= 0.6 is 0 Å². The fraction of sp³-hybridized carbons (Fsp3) is 0.789. The third-order valence-corrected chi connectivity index (χ3v) is 6.06. The number of nitrogens with one attached hydrogen (secondary N) is 1. The van der Waals surface area contributed by atoms with Crippen molar-refractivity contribution in [1.29, 1.82) is 0 Å². The highest BCUT2D eigenvalue weighted by Crippen LogP contribution is 2.45. The fourth-order valence-electron chi connectivity index (χ4n) is 5.73. The number of anilines is 1. The van der Waals surface area contributed by atoms with Crippen molar-refractivity contribution < 1.29 is 0 Å². The predicted octanol–water partition coefficient (Wildman–Crippen LogP) is 2.11. The van der Waals surface area contributed by atoms with Crippen LogP contribution < -0.4 is 10.2 Å². The summed E-state index contributed by atoms with van der Waals surface area (Å²) in [5.74, 6) is 1.73. The molecule has 3 saturated heterocycles. The number of piperidine rings is 3. The molecule has 5 nitrogen and oxygen atoms in total. The normalized spacial score (nSPS) is 35.2. The van der Waals surface area contributed by atoms with E-state index in [0.717, 1.165) is 32.0 Å². The number of nitrogens with zero attached hydrogens (tertiary/aromatic N) is 4. The average Bonchev–Trinajstić information content (AvgIpc) is 2.53. The molecule has 0 aromatic carbocycles. The summed E-state index contributed by atoms with van der Waals surface area (Å²) in [5, 5.41) is 3.44. The van der Waals surface area contributed by atoms with Crippen LogP contribution in [-0.4, -0.2) is 61.2 Å². The molecular weight excluding hydrogens is 298 g/mol. The van der Waals surface area contributed by atoms with Crippen molar-refractivity contribution in [3.63, 3.8) is 0 Å². The van der Waals surface area contributed by atoms with Gasteiger partial charge in [-0.2, -0.15) is 0 Å². The standard InChI is InChI=1S/C19H31N5/c1-18-9-19(2,11-23(3)10-18)13-24(12-18)17-8-16(21-14-22-17)15-4-6-20-7-5-15/h8,14-15,20H,4-7,9-13H2,1-3H3/t18-,19-/m0/s1. The third kappa shape index (κ3) is 3.16. The lowest BCUT2D eigenvalue weighted by molar-refractivity contribution is 0.00505. The van der Waals surface area contributed by atoms with Gasteiger partial charge in [-0.1, -0.05) is 13.8 Å². The minimum absolute atomic E-state index is 0.361. The fourth-order valence-corrected chi connectivity index (χ4v) is 5.73. The van der Waals surface area contributed by atoms with E-state index in [1.54, 1.807) is 6.33 Å². The van der Waals surface area contributed by atoms with Gasteiger partial charge in [0, 0.05) is 43.9 Å². The Labute approximate surface area is 145 Å². The number of fused-ring (bicyclic) bond motifs is 2. The minimum Gasteiger partial charge on any atom is -0.355 e. The van der Waals surface area contributed by atoms with Gasteiger partial charge in [0.05, 0.1) is 0 Å². The van der Waals surface area contributed by atoms with Crippen molar-refractivity contribution in [2.75, 3.05) is 51.2 Å². The van der Waals surface area contributed by atoms with Crippen molar-refractivity contribution >= 4 is 5.82 Å². The highest BCUT2D eigenvalue weighted by atomic mass is 15.3. The summed E-state index contributed by atoms with van der Waals surface area (Å²) >= 11 is 0. The van der Waals surface area contributed by atoms with E-state index >= 15 is 0 Å². The molecule has 2 atom stereocenters. The highest BCUT2D eigenvalue weighted by molar-refractivity contribution is 5.42. The molecule has 0 aliphatic carbocycles. The van der Waals surface area contributed by atoms with Gasteiger partial charge < -0.3 is 15.1 Å². The van der Waals surface area contributed by atoms with Crippen molar-refractivity contribution in [2.24, 2.45) is 10.8 Å². The Morgan fingerprint density at radius 3 is 2.38 bits per heavy atom. The second kappa shape index (κ2) is 5.95. The van der Waals surface area contributed by atoms with E-state index in [1.807, 2.05) is 0 Å². The zero-order valence-electron chi connectivity index (χ0n) is 15.4. The maximum Gasteiger partial charge on any atom is 0.132 e. The quantitative estimate of drug-likeness (QED) is 0.900. The van der Waals surface area contributed by atoms with Gasteiger partial charge in [0.1, 0.15) is 12.1 Å². The summed E-state index contributed by atoms with van der Waals surface area (Å²) in [5.41, 5.74) is 1.96. The van der Waals surface area contributed by atoms with E-state index in [1.165, 1.54) is 38.0 Å². The first-order valence-electron chi connectivity index (χ1n) is 9.41. The maximum absolute atomic E-state index is 4.65. The second-order valence-corrected chi connectivity index (χ2v) is 9.15. The van der Waals surface area contributed by atoms with Crippen molar-refractivity contribution in [2.45, 2.75) is 39.0 Å². The molecule has 24 heavy (non-hydrogen) atoms. The molecule has 3 fully saturated rings. The Morgan fingerprint density at radius 2 is 1.71 bits per heavy atom. The Hall–Kier alpha value is -1.20. The van der Waals surface area contributed by atoms with E-state index in [4.69, 9.17) is 0 Å². The molecule has 1 N–H and O–H groups in total. The van der Waals surface area contributed by atoms with Crippen LogP contribution in [0, 0.1) is 10.8 Å². The topological polar surface area (TPSA) is 44.3 Å².